The minimum absolute atomic E-state index is 0.132. The maximum absolute atomic E-state index is 10.5. The molecule has 0 rings (SSSR count). The van der Waals surface area contributed by atoms with Gasteiger partial charge in [0.15, 0.2) is 0 Å². The summed E-state index contributed by atoms with van der Waals surface area (Å²) < 4.78 is 0. The van der Waals surface area contributed by atoms with E-state index in [-0.39, 0.29) is 5.91 Å². The van der Waals surface area contributed by atoms with Crippen molar-refractivity contribution in [3.63, 3.8) is 0 Å². The van der Waals surface area contributed by atoms with Crippen LogP contribution in [0.1, 0.15) is 13.8 Å². The largest absolute Gasteiger partial charge is 0.281 e. The van der Waals surface area contributed by atoms with E-state index in [9.17, 15) is 4.79 Å². The van der Waals surface area contributed by atoms with Gasteiger partial charge in [-0.25, -0.2) is 5.84 Å². The van der Waals surface area contributed by atoms with E-state index in [4.69, 9.17) is 5.84 Å². The fourth-order valence-electron chi connectivity index (χ4n) is 0.322. The summed E-state index contributed by atoms with van der Waals surface area (Å²) in [6.07, 6.45) is 1.43. The third kappa shape index (κ3) is 1.93. The van der Waals surface area contributed by atoms with Crippen LogP contribution in [0.15, 0.2) is 0 Å². The lowest BCUT2D eigenvalue weighted by molar-refractivity contribution is -0.127. The Kier molecular flexibility index (Phi) is 3.19. The monoisotopic (exact) mass is 115 g/mol. The summed E-state index contributed by atoms with van der Waals surface area (Å²) in [5.74, 6) is 5.05. The number of nitrogens with zero attached hydrogens (tertiary/aromatic N) is 1. The zero-order valence-electron chi connectivity index (χ0n) is 5.22. The van der Waals surface area contributed by atoms with Crippen LogP contribution in [-0.2, 0) is 4.79 Å². The first-order valence-electron chi connectivity index (χ1n) is 2.58. The molecular formula is C5H11N2O. The molecule has 0 aromatic carbocycles. The van der Waals surface area contributed by atoms with Crippen molar-refractivity contribution >= 4 is 5.91 Å². The molecule has 0 bridgehead atoms. The van der Waals surface area contributed by atoms with Crippen LogP contribution in [0.3, 0.4) is 0 Å². The predicted molar refractivity (Wildman–Crippen MR) is 31.5 cm³/mol. The van der Waals surface area contributed by atoms with E-state index >= 15 is 0 Å². The van der Waals surface area contributed by atoms with E-state index in [0.717, 1.165) is 5.01 Å². The highest BCUT2D eigenvalue weighted by molar-refractivity contribution is 5.83. The van der Waals surface area contributed by atoms with E-state index in [1.54, 1.807) is 6.92 Å². The van der Waals surface area contributed by atoms with Crippen molar-refractivity contribution in [2.45, 2.75) is 13.8 Å². The van der Waals surface area contributed by atoms with Crippen molar-refractivity contribution in [3.05, 3.63) is 6.42 Å². The summed E-state index contributed by atoms with van der Waals surface area (Å²) in [6, 6.07) is 0. The average molecular weight is 115 g/mol. The molecular weight excluding hydrogens is 104 g/mol. The number of carbonyl (C=O) groups excluding carboxylic acids is 1. The second-order valence-corrected chi connectivity index (χ2v) is 1.41. The summed E-state index contributed by atoms with van der Waals surface area (Å²) in [6.45, 7) is 4.04. The van der Waals surface area contributed by atoms with Gasteiger partial charge in [0.05, 0.1) is 0 Å². The van der Waals surface area contributed by atoms with Crippen LogP contribution in [0.25, 0.3) is 0 Å². The summed E-state index contributed by atoms with van der Waals surface area (Å²) in [4.78, 5) is 10.5. The number of hydrogen-bond donors (Lipinski definition) is 1. The second-order valence-electron chi connectivity index (χ2n) is 1.41. The van der Waals surface area contributed by atoms with E-state index in [0.29, 0.717) is 6.54 Å². The number of hydrogen-bond acceptors (Lipinski definition) is 2. The van der Waals surface area contributed by atoms with Gasteiger partial charge in [0, 0.05) is 13.0 Å². The molecule has 1 radical (unpaired) electrons. The van der Waals surface area contributed by atoms with E-state index < -0.39 is 0 Å². The third-order valence-corrected chi connectivity index (χ3v) is 0.871. The summed E-state index contributed by atoms with van der Waals surface area (Å²) in [7, 11) is 0. The SMILES string of the molecule is C[CH]C(=O)N(N)CC. The van der Waals surface area contributed by atoms with Crippen LogP contribution < -0.4 is 5.84 Å². The molecule has 0 aromatic rings. The van der Waals surface area contributed by atoms with Crippen LogP contribution in [0.2, 0.25) is 0 Å². The summed E-state index contributed by atoms with van der Waals surface area (Å²) in [5.41, 5.74) is 0. The minimum Gasteiger partial charge on any atom is -0.281 e. The molecule has 0 spiro atoms. The molecule has 3 nitrogen and oxygen atoms in total. The van der Waals surface area contributed by atoms with Gasteiger partial charge in [-0.15, -0.1) is 0 Å². The highest BCUT2D eigenvalue weighted by Gasteiger charge is 2.01. The van der Waals surface area contributed by atoms with Crippen LogP contribution >= 0.6 is 0 Å². The molecule has 0 unspecified atom stereocenters. The molecule has 2 N–H and O–H groups in total. The van der Waals surface area contributed by atoms with Crippen molar-refractivity contribution < 1.29 is 4.79 Å². The van der Waals surface area contributed by atoms with Crippen LogP contribution in [0, 0.1) is 6.42 Å². The number of amides is 1. The van der Waals surface area contributed by atoms with Gasteiger partial charge in [0.1, 0.15) is 0 Å². The lowest BCUT2D eigenvalue weighted by Gasteiger charge is -2.10. The van der Waals surface area contributed by atoms with E-state index in [2.05, 4.69) is 0 Å². The Morgan fingerprint density at radius 1 is 1.88 bits per heavy atom. The molecule has 0 saturated carbocycles. The fraction of sp³-hybridized carbons (Fsp3) is 0.600. The molecule has 0 aliphatic carbocycles. The van der Waals surface area contributed by atoms with Crippen LogP contribution in [0.4, 0.5) is 0 Å². The lowest BCUT2D eigenvalue weighted by Crippen LogP contribution is -2.36. The van der Waals surface area contributed by atoms with Gasteiger partial charge in [0.25, 0.3) is 0 Å². The van der Waals surface area contributed by atoms with Gasteiger partial charge in [-0.3, -0.25) is 9.80 Å². The number of carbonyl (C=O) groups is 1. The number of nitrogens with two attached hydrogens (primary N) is 1. The zero-order chi connectivity index (χ0) is 6.57. The average Bonchev–Trinajstić information content (AvgIpc) is 1.84. The highest BCUT2D eigenvalue weighted by Crippen LogP contribution is 1.81. The molecule has 0 aromatic heterocycles. The van der Waals surface area contributed by atoms with Gasteiger partial charge >= 0.3 is 0 Å². The minimum atomic E-state index is -0.132. The standard InChI is InChI=1S/C5H11N2O/c1-3-5(8)7(6)4-2/h3H,4,6H2,1-2H3. The first-order chi connectivity index (χ1) is 3.72. The van der Waals surface area contributed by atoms with E-state index in [1.807, 2.05) is 6.92 Å². The van der Waals surface area contributed by atoms with Gasteiger partial charge < -0.3 is 0 Å². The van der Waals surface area contributed by atoms with Crippen molar-refractivity contribution in [3.8, 4) is 0 Å². The molecule has 0 heterocycles. The Bertz CT molecular complexity index is 82.5. The molecule has 3 heteroatoms. The number of rotatable bonds is 2. The second kappa shape index (κ2) is 3.43. The normalized spacial score (nSPS) is 8.88. The highest BCUT2D eigenvalue weighted by atomic mass is 16.2. The lowest BCUT2D eigenvalue weighted by atomic mass is 10.4. The van der Waals surface area contributed by atoms with Gasteiger partial charge in [-0.1, -0.05) is 6.92 Å². The molecule has 0 aliphatic rings. The molecule has 0 fully saturated rings. The Labute approximate surface area is 49.4 Å². The predicted octanol–water partition coefficient (Wildman–Crippen LogP) is -0.0672. The molecule has 47 valence electrons. The van der Waals surface area contributed by atoms with Crippen molar-refractivity contribution in [2.24, 2.45) is 5.84 Å². The summed E-state index contributed by atoms with van der Waals surface area (Å²) in [5, 5.41) is 1.15. The first-order valence-corrected chi connectivity index (χ1v) is 2.58. The van der Waals surface area contributed by atoms with Crippen LogP contribution in [-0.4, -0.2) is 17.5 Å². The first kappa shape index (κ1) is 7.43. The van der Waals surface area contributed by atoms with E-state index in [1.165, 1.54) is 6.42 Å². The third-order valence-electron chi connectivity index (χ3n) is 0.871. The molecule has 8 heavy (non-hydrogen) atoms. The fourth-order valence-corrected chi connectivity index (χ4v) is 0.322. The maximum Gasteiger partial charge on any atom is 0.240 e. The Balaban J connectivity index is 3.46. The molecule has 0 saturated heterocycles. The smallest absolute Gasteiger partial charge is 0.240 e. The van der Waals surface area contributed by atoms with Gasteiger partial charge in [-0.05, 0) is 6.92 Å². The van der Waals surface area contributed by atoms with Crippen molar-refractivity contribution in [1.82, 2.24) is 5.01 Å². The Hall–Kier alpha value is -0.570. The molecule has 0 atom stereocenters. The molecule has 0 aliphatic heterocycles. The van der Waals surface area contributed by atoms with Gasteiger partial charge in [-0.2, -0.15) is 0 Å². The van der Waals surface area contributed by atoms with Gasteiger partial charge in [0.2, 0.25) is 5.91 Å². The Morgan fingerprint density at radius 2 is 2.38 bits per heavy atom. The Morgan fingerprint density at radius 3 is 2.50 bits per heavy atom. The summed E-state index contributed by atoms with van der Waals surface area (Å²) >= 11 is 0. The topological polar surface area (TPSA) is 46.3 Å². The quantitative estimate of drug-likeness (QED) is 0.311. The molecule has 1 amide bonds. The number of hydrazine groups is 1. The zero-order valence-corrected chi connectivity index (χ0v) is 5.22. The van der Waals surface area contributed by atoms with Crippen LogP contribution in [0.5, 0.6) is 0 Å². The van der Waals surface area contributed by atoms with Crippen molar-refractivity contribution in [2.75, 3.05) is 6.54 Å². The van der Waals surface area contributed by atoms with Crippen molar-refractivity contribution in [1.29, 1.82) is 0 Å². The maximum atomic E-state index is 10.5.